The predicted molar refractivity (Wildman–Crippen MR) is 73.8 cm³/mol. The zero-order valence-electron chi connectivity index (χ0n) is 11.7. The van der Waals surface area contributed by atoms with Crippen molar-refractivity contribution in [2.24, 2.45) is 5.92 Å². The van der Waals surface area contributed by atoms with E-state index in [1.807, 2.05) is 14.1 Å². The Labute approximate surface area is 114 Å². The van der Waals surface area contributed by atoms with Crippen LogP contribution in [-0.4, -0.2) is 38.8 Å². The number of hydrogen-bond acceptors (Lipinski definition) is 4. The van der Waals surface area contributed by atoms with Gasteiger partial charge in [-0.25, -0.2) is 9.37 Å². The lowest BCUT2D eigenvalue weighted by Crippen LogP contribution is -2.32. The number of nitrogens with one attached hydrogen (secondary N) is 1. The minimum absolute atomic E-state index is 0.289. The summed E-state index contributed by atoms with van der Waals surface area (Å²) in [7, 11) is 3.86. The fourth-order valence-corrected chi connectivity index (χ4v) is 2.56. The molecule has 0 aromatic carbocycles. The number of rotatable bonds is 5. The molecule has 0 spiro atoms. The first-order valence-corrected chi connectivity index (χ1v) is 6.78. The Morgan fingerprint density at radius 3 is 3.11 bits per heavy atom. The highest BCUT2D eigenvalue weighted by molar-refractivity contribution is 5.46. The van der Waals surface area contributed by atoms with Gasteiger partial charge in [0, 0.05) is 32.3 Å². The summed E-state index contributed by atoms with van der Waals surface area (Å²) >= 11 is 0. The van der Waals surface area contributed by atoms with Gasteiger partial charge in [0.05, 0.1) is 12.8 Å². The third kappa shape index (κ3) is 3.88. The Balaban J connectivity index is 2.06. The summed E-state index contributed by atoms with van der Waals surface area (Å²) in [6.45, 7) is 3.20. The minimum atomic E-state index is -0.289. The van der Waals surface area contributed by atoms with E-state index >= 15 is 0 Å². The fourth-order valence-electron chi connectivity index (χ4n) is 2.56. The van der Waals surface area contributed by atoms with E-state index in [-0.39, 0.29) is 5.82 Å². The molecule has 1 unspecified atom stereocenters. The van der Waals surface area contributed by atoms with Gasteiger partial charge < -0.3 is 15.0 Å². The maximum atomic E-state index is 13.3. The molecule has 1 aliphatic heterocycles. The van der Waals surface area contributed by atoms with E-state index in [9.17, 15) is 4.39 Å². The monoisotopic (exact) mass is 267 g/mol. The first-order chi connectivity index (χ1) is 9.20. The summed E-state index contributed by atoms with van der Waals surface area (Å²) in [5, 5.41) is 3.05. The van der Waals surface area contributed by atoms with Crippen molar-refractivity contribution in [2.45, 2.75) is 19.4 Å². The van der Waals surface area contributed by atoms with Gasteiger partial charge in [-0.3, -0.25) is 0 Å². The van der Waals surface area contributed by atoms with E-state index in [1.165, 1.54) is 12.6 Å². The van der Waals surface area contributed by atoms with Crippen molar-refractivity contribution >= 4 is 5.82 Å². The molecule has 1 fully saturated rings. The molecule has 5 heteroatoms. The lowest BCUT2D eigenvalue weighted by molar-refractivity contribution is 0.0576. The number of nitrogens with zero attached hydrogens (tertiary/aromatic N) is 2. The van der Waals surface area contributed by atoms with Crippen LogP contribution in [0.2, 0.25) is 0 Å². The number of ether oxygens (including phenoxy) is 1. The number of aromatic nitrogens is 1. The van der Waals surface area contributed by atoms with Crippen molar-refractivity contribution in [3.8, 4) is 0 Å². The maximum absolute atomic E-state index is 13.3. The molecule has 1 aromatic rings. The summed E-state index contributed by atoms with van der Waals surface area (Å²) in [5.74, 6) is 1.10. The Morgan fingerprint density at radius 2 is 2.42 bits per heavy atom. The van der Waals surface area contributed by atoms with Gasteiger partial charge in [0.25, 0.3) is 0 Å². The fraction of sp³-hybridized carbons (Fsp3) is 0.643. The topological polar surface area (TPSA) is 37.4 Å². The third-order valence-electron chi connectivity index (χ3n) is 3.42. The number of pyridine rings is 1. The molecule has 1 aromatic heterocycles. The van der Waals surface area contributed by atoms with Crippen LogP contribution in [0.3, 0.4) is 0 Å². The SMILES string of the molecule is CNCc1cc(F)cnc1N(C)CC1CCCOC1. The van der Waals surface area contributed by atoms with Crippen LogP contribution in [0.5, 0.6) is 0 Å². The van der Waals surface area contributed by atoms with Crippen LogP contribution in [0, 0.1) is 11.7 Å². The van der Waals surface area contributed by atoms with Crippen LogP contribution in [0.4, 0.5) is 10.2 Å². The molecule has 106 valence electrons. The first kappa shape index (κ1) is 14.2. The van der Waals surface area contributed by atoms with Gasteiger partial charge in [0.15, 0.2) is 0 Å². The Bertz CT molecular complexity index is 408. The highest BCUT2D eigenvalue weighted by atomic mass is 19.1. The van der Waals surface area contributed by atoms with Crippen molar-refractivity contribution in [3.63, 3.8) is 0 Å². The van der Waals surface area contributed by atoms with Gasteiger partial charge in [-0.2, -0.15) is 0 Å². The van der Waals surface area contributed by atoms with Crippen LogP contribution in [0.15, 0.2) is 12.3 Å². The van der Waals surface area contributed by atoms with Crippen LogP contribution >= 0.6 is 0 Å². The van der Waals surface area contributed by atoms with Gasteiger partial charge in [-0.1, -0.05) is 0 Å². The average molecular weight is 267 g/mol. The highest BCUT2D eigenvalue weighted by Crippen LogP contribution is 2.21. The summed E-state index contributed by atoms with van der Waals surface area (Å²) in [4.78, 5) is 6.34. The lowest BCUT2D eigenvalue weighted by atomic mass is 10.0. The van der Waals surface area contributed by atoms with Crippen molar-refractivity contribution in [2.75, 3.05) is 38.8 Å². The van der Waals surface area contributed by atoms with Crippen molar-refractivity contribution < 1.29 is 9.13 Å². The molecule has 1 atom stereocenters. The summed E-state index contributed by atoms with van der Waals surface area (Å²) < 4.78 is 18.8. The van der Waals surface area contributed by atoms with E-state index in [4.69, 9.17) is 4.74 Å². The van der Waals surface area contributed by atoms with Gasteiger partial charge >= 0.3 is 0 Å². The second kappa shape index (κ2) is 6.82. The van der Waals surface area contributed by atoms with Crippen molar-refractivity contribution in [1.82, 2.24) is 10.3 Å². The second-order valence-electron chi connectivity index (χ2n) is 5.13. The molecule has 1 aliphatic rings. The lowest BCUT2D eigenvalue weighted by Gasteiger charge is -2.28. The number of halogens is 1. The molecule has 0 radical (unpaired) electrons. The van der Waals surface area contributed by atoms with Crippen LogP contribution in [0.25, 0.3) is 0 Å². The zero-order valence-corrected chi connectivity index (χ0v) is 11.7. The molecule has 0 aliphatic carbocycles. The van der Waals surface area contributed by atoms with Gasteiger partial charge in [-0.15, -0.1) is 0 Å². The quantitative estimate of drug-likeness (QED) is 0.883. The smallest absolute Gasteiger partial charge is 0.141 e. The minimum Gasteiger partial charge on any atom is -0.381 e. The molecule has 1 N–H and O–H groups in total. The van der Waals surface area contributed by atoms with Gasteiger partial charge in [0.2, 0.25) is 0 Å². The standard InChI is InChI=1S/C14H22FN3O/c1-16-7-12-6-13(15)8-17-14(12)18(2)9-11-4-3-5-19-10-11/h6,8,11,16H,3-5,7,9-10H2,1-2H3. The normalized spacial score (nSPS) is 19.4. The molecule has 0 saturated carbocycles. The highest BCUT2D eigenvalue weighted by Gasteiger charge is 2.18. The Kier molecular flexibility index (Phi) is 5.10. The van der Waals surface area contributed by atoms with Crippen LogP contribution in [0.1, 0.15) is 18.4 Å². The molecule has 2 rings (SSSR count). The van der Waals surface area contributed by atoms with Crippen molar-refractivity contribution in [3.05, 3.63) is 23.6 Å². The second-order valence-corrected chi connectivity index (χ2v) is 5.13. The molecule has 19 heavy (non-hydrogen) atoms. The van der Waals surface area contributed by atoms with E-state index in [2.05, 4.69) is 15.2 Å². The number of hydrogen-bond donors (Lipinski definition) is 1. The Hall–Kier alpha value is -1.20. The van der Waals surface area contributed by atoms with Gasteiger partial charge in [0.1, 0.15) is 11.6 Å². The zero-order chi connectivity index (χ0) is 13.7. The number of anilines is 1. The molecule has 0 bridgehead atoms. The summed E-state index contributed by atoms with van der Waals surface area (Å²) in [6.07, 6.45) is 3.59. The molecule has 2 heterocycles. The van der Waals surface area contributed by atoms with E-state index in [1.54, 1.807) is 6.07 Å². The maximum Gasteiger partial charge on any atom is 0.141 e. The third-order valence-corrected chi connectivity index (χ3v) is 3.42. The average Bonchev–Trinajstić information content (AvgIpc) is 2.40. The van der Waals surface area contributed by atoms with E-state index in [0.29, 0.717) is 12.5 Å². The largest absolute Gasteiger partial charge is 0.381 e. The van der Waals surface area contributed by atoms with E-state index < -0.39 is 0 Å². The Morgan fingerprint density at radius 1 is 1.58 bits per heavy atom. The van der Waals surface area contributed by atoms with Gasteiger partial charge in [-0.05, 0) is 31.9 Å². The molecular weight excluding hydrogens is 245 g/mol. The molecule has 1 saturated heterocycles. The predicted octanol–water partition coefficient (Wildman–Crippen LogP) is 1.80. The molecule has 0 amide bonds. The first-order valence-electron chi connectivity index (χ1n) is 6.78. The molecular formula is C14H22FN3O. The van der Waals surface area contributed by atoms with Crippen molar-refractivity contribution in [1.29, 1.82) is 0 Å². The van der Waals surface area contributed by atoms with Crippen LogP contribution in [-0.2, 0) is 11.3 Å². The van der Waals surface area contributed by atoms with Crippen LogP contribution < -0.4 is 10.2 Å². The van der Waals surface area contributed by atoms with E-state index in [0.717, 1.165) is 37.6 Å². The summed E-state index contributed by atoms with van der Waals surface area (Å²) in [6, 6.07) is 1.55. The molecule has 4 nitrogen and oxygen atoms in total. The summed E-state index contributed by atoms with van der Waals surface area (Å²) in [5.41, 5.74) is 0.890.